The highest BCUT2D eigenvalue weighted by atomic mass is 19.1. The molecule has 0 atom stereocenters. The summed E-state index contributed by atoms with van der Waals surface area (Å²) in [5.74, 6) is 0.475. The van der Waals surface area contributed by atoms with Crippen molar-refractivity contribution in [2.75, 3.05) is 19.5 Å². The number of aryl methyl sites for hydroxylation is 1. The van der Waals surface area contributed by atoms with Gasteiger partial charge in [-0.05, 0) is 42.8 Å². The van der Waals surface area contributed by atoms with Gasteiger partial charge in [0.1, 0.15) is 17.3 Å². The van der Waals surface area contributed by atoms with Gasteiger partial charge in [0.15, 0.2) is 5.78 Å². The molecular weight excluding hydrogens is 297 g/mol. The van der Waals surface area contributed by atoms with Crippen LogP contribution in [0.1, 0.15) is 15.9 Å². The zero-order valence-corrected chi connectivity index (χ0v) is 13.2. The largest absolute Gasteiger partial charge is 0.497 e. The van der Waals surface area contributed by atoms with Gasteiger partial charge in [-0.25, -0.2) is 4.39 Å². The summed E-state index contributed by atoms with van der Waals surface area (Å²) in [4.78, 5) is 12.3. The van der Waals surface area contributed by atoms with Crippen molar-refractivity contribution in [1.29, 1.82) is 0 Å². The van der Waals surface area contributed by atoms with E-state index in [0.717, 1.165) is 0 Å². The highest BCUT2D eigenvalue weighted by Gasteiger charge is 2.11. The first-order chi connectivity index (χ1) is 11.0. The van der Waals surface area contributed by atoms with Crippen molar-refractivity contribution < 1.29 is 18.7 Å². The lowest BCUT2D eigenvalue weighted by atomic mass is 10.1. The van der Waals surface area contributed by atoms with Crippen LogP contribution in [0.4, 0.5) is 10.1 Å². The molecule has 2 aromatic rings. The summed E-state index contributed by atoms with van der Waals surface area (Å²) in [6.45, 7) is 1.69. The fourth-order valence-electron chi connectivity index (χ4n) is 1.99. The number of carbonyl (C=O) groups is 1. The van der Waals surface area contributed by atoms with Crippen LogP contribution in [0, 0.1) is 12.7 Å². The van der Waals surface area contributed by atoms with E-state index in [1.54, 1.807) is 37.3 Å². The van der Waals surface area contributed by atoms with Gasteiger partial charge in [-0.3, -0.25) is 4.79 Å². The molecule has 0 saturated heterocycles. The molecule has 5 heteroatoms. The summed E-state index contributed by atoms with van der Waals surface area (Å²) >= 11 is 0. The van der Waals surface area contributed by atoms with Gasteiger partial charge in [-0.1, -0.05) is 6.07 Å². The van der Waals surface area contributed by atoms with Gasteiger partial charge in [0.2, 0.25) is 0 Å². The minimum Gasteiger partial charge on any atom is -0.497 e. The minimum absolute atomic E-state index is 0.249. The topological polar surface area (TPSA) is 47.6 Å². The number of anilines is 1. The predicted molar refractivity (Wildman–Crippen MR) is 87.8 cm³/mol. The molecular formula is C18H18FNO3. The van der Waals surface area contributed by atoms with Crippen molar-refractivity contribution in [3.63, 3.8) is 0 Å². The number of hydrogen-bond donors (Lipinski definition) is 1. The van der Waals surface area contributed by atoms with Gasteiger partial charge < -0.3 is 14.8 Å². The van der Waals surface area contributed by atoms with E-state index in [9.17, 15) is 9.18 Å². The van der Waals surface area contributed by atoms with E-state index in [1.807, 2.05) is 0 Å². The molecule has 0 saturated carbocycles. The first-order valence-electron chi connectivity index (χ1n) is 7.00. The van der Waals surface area contributed by atoms with E-state index < -0.39 is 0 Å². The third-order valence-corrected chi connectivity index (χ3v) is 3.33. The number of methoxy groups -OCH3 is 2. The number of halogens is 1. The van der Waals surface area contributed by atoms with Crippen LogP contribution in [0.25, 0.3) is 0 Å². The van der Waals surface area contributed by atoms with Crippen molar-refractivity contribution in [2.45, 2.75) is 6.92 Å². The van der Waals surface area contributed by atoms with Crippen molar-refractivity contribution >= 4 is 11.5 Å². The molecule has 0 aliphatic carbocycles. The minimum atomic E-state index is -0.302. The Morgan fingerprint density at radius 1 is 1.13 bits per heavy atom. The fraction of sp³-hybridized carbons (Fsp3) is 0.167. The number of benzene rings is 2. The van der Waals surface area contributed by atoms with Crippen LogP contribution in [0.3, 0.4) is 0 Å². The van der Waals surface area contributed by atoms with E-state index in [2.05, 4.69) is 5.32 Å². The van der Waals surface area contributed by atoms with Crippen molar-refractivity contribution in [3.05, 3.63) is 65.6 Å². The van der Waals surface area contributed by atoms with E-state index in [-0.39, 0.29) is 11.6 Å². The molecule has 2 rings (SSSR count). The van der Waals surface area contributed by atoms with E-state index >= 15 is 0 Å². The Bertz CT molecular complexity index is 741. The van der Waals surface area contributed by atoms with Crippen molar-refractivity contribution in [3.8, 4) is 11.5 Å². The molecule has 2 aromatic carbocycles. The molecule has 0 aliphatic rings. The lowest BCUT2D eigenvalue weighted by molar-refractivity contribution is 0.104. The van der Waals surface area contributed by atoms with Crippen LogP contribution in [-0.2, 0) is 0 Å². The quantitative estimate of drug-likeness (QED) is 0.647. The van der Waals surface area contributed by atoms with Gasteiger partial charge in [0, 0.05) is 18.0 Å². The van der Waals surface area contributed by atoms with Gasteiger partial charge in [0.25, 0.3) is 0 Å². The first kappa shape index (κ1) is 16.5. The first-order valence-corrected chi connectivity index (χ1v) is 7.00. The Balaban J connectivity index is 2.13. The second-order valence-corrected chi connectivity index (χ2v) is 4.87. The van der Waals surface area contributed by atoms with Gasteiger partial charge in [0.05, 0.1) is 19.8 Å². The smallest absolute Gasteiger partial charge is 0.191 e. The molecule has 0 aromatic heterocycles. The zero-order chi connectivity index (χ0) is 16.8. The summed E-state index contributed by atoms with van der Waals surface area (Å²) in [5.41, 5.74) is 1.52. The summed E-state index contributed by atoms with van der Waals surface area (Å²) in [5, 5.41) is 2.87. The molecule has 0 fully saturated rings. The Morgan fingerprint density at radius 3 is 2.57 bits per heavy atom. The number of rotatable bonds is 6. The normalized spacial score (nSPS) is 10.6. The third kappa shape index (κ3) is 4.10. The number of ketones is 1. The van der Waals surface area contributed by atoms with Gasteiger partial charge in [-0.15, -0.1) is 0 Å². The maximum Gasteiger partial charge on any atom is 0.191 e. The molecule has 0 heterocycles. The van der Waals surface area contributed by atoms with Gasteiger partial charge in [-0.2, -0.15) is 0 Å². The van der Waals surface area contributed by atoms with Crippen LogP contribution >= 0.6 is 0 Å². The second-order valence-electron chi connectivity index (χ2n) is 4.87. The number of ether oxygens (including phenoxy) is 2. The molecule has 4 nitrogen and oxygen atoms in total. The standard InChI is InChI=1S/C18H18FNO3/c1-12-4-5-13(10-16(12)19)20-9-8-17(21)15-11-14(22-2)6-7-18(15)23-3/h4-11,20H,1-3H3/b9-8+. The van der Waals surface area contributed by atoms with Crippen LogP contribution in [-0.4, -0.2) is 20.0 Å². The Labute approximate surface area is 134 Å². The van der Waals surface area contributed by atoms with Crippen LogP contribution in [0.15, 0.2) is 48.7 Å². The summed E-state index contributed by atoms with van der Waals surface area (Å²) in [6, 6.07) is 9.76. The maximum absolute atomic E-state index is 13.5. The fourth-order valence-corrected chi connectivity index (χ4v) is 1.99. The Morgan fingerprint density at radius 2 is 1.91 bits per heavy atom. The van der Waals surface area contributed by atoms with Gasteiger partial charge >= 0.3 is 0 Å². The van der Waals surface area contributed by atoms with Crippen LogP contribution < -0.4 is 14.8 Å². The molecule has 0 spiro atoms. The molecule has 0 radical (unpaired) electrons. The van der Waals surface area contributed by atoms with Crippen molar-refractivity contribution in [2.24, 2.45) is 0 Å². The molecule has 120 valence electrons. The van der Waals surface area contributed by atoms with E-state index in [0.29, 0.717) is 28.3 Å². The van der Waals surface area contributed by atoms with Crippen LogP contribution in [0.2, 0.25) is 0 Å². The highest BCUT2D eigenvalue weighted by molar-refractivity contribution is 6.06. The van der Waals surface area contributed by atoms with Crippen LogP contribution in [0.5, 0.6) is 11.5 Å². The lowest BCUT2D eigenvalue weighted by Crippen LogP contribution is -2.01. The molecule has 23 heavy (non-hydrogen) atoms. The second kappa shape index (κ2) is 7.45. The number of nitrogens with one attached hydrogen (secondary N) is 1. The average Bonchev–Trinajstić information content (AvgIpc) is 2.57. The monoisotopic (exact) mass is 315 g/mol. The molecule has 0 unspecified atom stereocenters. The summed E-state index contributed by atoms with van der Waals surface area (Å²) < 4.78 is 23.7. The molecule has 1 N–H and O–H groups in total. The number of carbonyl (C=O) groups excluding carboxylic acids is 1. The number of hydrogen-bond acceptors (Lipinski definition) is 4. The average molecular weight is 315 g/mol. The predicted octanol–water partition coefficient (Wildman–Crippen LogP) is 3.96. The Hall–Kier alpha value is -2.82. The third-order valence-electron chi connectivity index (χ3n) is 3.33. The molecule has 0 aliphatic heterocycles. The van der Waals surface area contributed by atoms with E-state index in [4.69, 9.17) is 9.47 Å². The number of allylic oxidation sites excluding steroid dienone is 1. The zero-order valence-electron chi connectivity index (χ0n) is 13.2. The van der Waals surface area contributed by atoms with E-state index in [1.165, 1.54) is 32.6 Å². The summed E-state index contributed by atoms with van der Waals surface area (Å²) in [7, 11) is 3.02. The summed E-state index contributed by atoms with van der Waals surface area (Å²) in [6.07, 6.45) is 2.82. The highest BCUT2D eigenvalue weighted by Crippen LogP contribution is 2.24. The Kier molecular flexibility index (Phi) is 5.36. The maximum atomic E-state index is 13.5. The lowest BCUT2D eigenvalue weighted by Gasteiger charge is -2.08. The van der Waals surface area contributed by atoms with Crippen molar-refractivity contribution in [1.82, 2.24) is 0 Å². The molecule has 0 amide bonds. The SMILES string of the molecule is COc1ccc(OC)c(C(=O)/C=C/Nc2ccc(C)c(F)c2)c1. The molecule has 0 bridgehead atoms.